The number of aliphatic imine (C=N–C) groups is 2. The first-order valence-corrected chi connectivity index (χ1v) is 37.5. The molecule has 42 heteroatoms. The number of hydrogen-bond acceptors (Lipinski definition) is 22. The number of thiol groups is 2. The third-order valence-electron chi connectivity index (χ3n) is 16.4. The monoisotopic (exact) mass is 1640 g/mol. The number of nitrogens with two attached hydrogens (primary N) is 3. The van der Waals surface area contributed by atoms with E-state index in [1.807, 2.05) is 12.2 Å². The smallest absolute Gasteiger partial charge is 0.481 e. The Morgan fingerprint density at radius 3 is 1.49 bits per heavy atom. The number of guanidine groups is 1. The van der Waals surface area contributed by atoms with Crippen LogP contribution >= 0.6 is 25.3 Å². The molecule has 0 spiro atoms. The molecule has 0 unspecified atom stereocenters. The van der Waals surface area contributed by atoms with Crippen molar-refractivity contribution < 1.29 is 97.1 Å². The van der Waals surface area contributed by atoms with E-state index in [1.165, 1.54) is 6.92 Å². The maximum absolute atomic E-state index is 14.3. The molecule has 0 aliphatic carbocycles. The van der Waals surface area contributed by atoms with E-state index in [0.717, 1.165) is 0 Å². The molecule has 2 radical (unpaired) electrons. The van der Waals surface area contributed by atoms with Crippen LogP contribution in [0.3, 0.4) is 0 Å². The predicted octanol–water partition coefficient (Wildman–Crippen LogP) is -6.83. The van der Waals surface area contributed by atoms with Crippen molar-refractivity contribution >= 4 is 164 Å². The second-order valence-corrected chi connectivity index (χ2v) is 27.4. The van der Waals surface area contributed by atoms with E-state index in [9.17, 15) is 92.0 Å². The number of carboxylic acids is 3. The fourth-order valence-corrected chi connectivity index (χ4v) is 11.2. The first kappa shape index (κ1) is 94.1. The van der Waals surface area contributed by atoms with Crippen molar-refractivity contribution in [2.24, 2.45) is 50.9 Å². The molecule has 16 atom stereocenters. The summed E-state index contributed by atoms with van der Waals surface area (Å²) >= 11 is 13.6. The molecule has 0 saturated carbocycles. The minimum atomic E-state index is -1.96. The Balaban J connectivity index is 3.46. The van der Waals surface area contributed by atoms with Gasteiger partial charge in [0.05, 0.1) is 13.0 Å². The second-order valence-electron chi connectivity index (χ2n) is 25.3. The van der Waals surface area contributed by atoms with Gasteiger partial charge < -0.3 is 52.3 Å². The van der Waals surface area contributed by atoms with Crippen molar-refractivity contribution in [1.29, 1.82) is 0 Å². The van der Waals surface area contributed by atoms with E-state index in [2.05, 4.69) is 131 Å². The van der Waals surface area contributed by atoms with Gasteiger partial charge in [-0.3, -0.25) is 43.3 Å². The molecule has 1 aliphatic heterocycles. The average Bonchev–Trinajstić information content (AvgIpc) is 1.07. The zero-order chi connectivity index (χ0) is 79.1. The molecule has 0 fully saturated rings. The summed E-state index contributed by atoms with van der Waals surface area (Å²) in [6.45, 7) is 10.0. The predicted molar refractivity (Wildman–Crippen MR) is 386 cm³/mol. The van der Waals surface area contributed by atoms with E-state index < -0.39 is 212 Å². The fourth-order valence-electron chi connectivity index (χ4n) is 9.83. The van der Waals surface area contributed by atoms with Gasteiger partial charge in [0.2, 0.25) is 29.5 Å². The minimum Gasteiger partial charge on any atom is -0.481 e. The molecule has 1 aliphatic rings. The fraction of sp³-hybridized carbons (Fsp3) is 0.710. The van der Waals surface area contributed by atoms with E-state index in [1.54, 1.807) is 40.8 Å². The van der Waals surface area contributed by atoms with Gasteiger partial charge in [-0.1, -0.05) is 27.2 Å². The Kier molecular flexibility index (Phi) is 45.0. The van der Waals surface area contributed by atoms with Crippen LogP contribution in [0.15, 0.2) is 9.98 Å². The molecule has 23 N–H and O–H groups in total. The number of unbranched alkanes of at least 4 members (excludes halogenated alkanes) is 1. The zero-order valence-electron chi connectivity index (χ0n) is 59.2. The molecule has 0 aromatic rings. The molecule has 104 heavy (non-hydrogen) atoms. The van der Waals surface area contributed by atoms with Crippen molar-refractivity contribution in [3.8, 4) is 0 Å². The summed E-state index contributed by atoms with van der Waals surface area (Å²) in [6, 6.07) is -18.4. The third kappa shape index (κ3) is 34.8. The molecular formula is C62H104N18O20S2Se2. The van der Waals surface area contributed by atoms with Crippen molar-refractivity contribution in [2.75, 3.05) is 37.7 Å². The number of amides is 13. The summed E-state index contributed by atoms with van der Waals surface area (Å²) in [7, 11) is 0. The van der Waals surface area contributed by atoms with Gasteiger partial charge in [-0.05, 0) is 43.9 Å². The molecule has 13 amide bonds. The maximum atomic E-state index is 14.3. The summed E-state index contributed by atoms with van der Waals surface area (Å²) < 4.78 is 0. The summed E-state index contributed by atoms with van der Waals surface area (Å²) in [5, 5.41) is 70.5. The van der Waals surface area contributed by atoms with E-state index in [0.29, 0.717) is 6.42 Å². The summed E-state index contributed by atoms with van der Waals surface area (Å²) in [5.74, 6) is -18.8. The molecule has 1 heterocycles. The number of aliphatic hydroxyl groups excluding tert-OH is 1. The van der Waals surface area contributed by atoms with Gasteiger partial charge in [-0.25, -0.2) is 4.79 Å². The van der Waals surface area contributed by atoms with Crippen LogP contribution in [0.1, 0.15) is 126 Å². The van der Waals surface area contributed by atoms with Gasteiger partial charge in [0.1, 0.15) is 36.3 Å². The van der Waals surface area contributed by atoms with Gasteiger partial charge >= 0.3 is 364 Å². The van der Waals surface area contributed by atoms with Gasteiger partial charge in [0, 0.05) is 19.2 Å². The van der Waals surface area contributed by atoms with E-state index in [-0.39, 0.29) is 110 Å². The third-order valence-corrected chi connectivity index (χ3v) is 18.5. The number of aliphatic carboxylic acids is 3. The molecule has 0 aromatic carbocycles. The van der Waals surface area contributed by atoms with Crippen molar-refractivity contribution in [3.63, 3.8) is 0 Å². The average molecular weight is 1640 g/mol. The van der Waals surface area contributed by atoms with E-state index >= 15 is 0 Å². The summed E-state index contributed by atoms with van der Waals surface area (Å²) in [6.07, 6.45) is 0.624. The normalized spacial score (nSPS) is 17.1. The van der Waals surface area contributed by atoms with Gasteiger partial charge in [0.25, 0.3) is 0 Å². The van der Waals surface area contributed by atoms with Gasteiger partial charge in [-0.2, -0.15) is 0 Å². The van der Waals surface area contributed by atoms with Crippen LogP contribution in [0.4, 0.5) is 0 Å². The molecule has 0 bridgehead atoms. The Morgan fingerprint density at radius 1 is 0.538 bits per heavy atom. The molecular weight excluding hydrogens is 1540 g/mol. The number of rotatable bonds is 51. The molecule has 586 valence electrons. The number of aliphatic hydroxyl groups is 1. The summed E-state index contributed by atoms with van der Waals surface area (Å²) in [4.78, 5) is 221. The Labute approximate surface area is 630 Å². The zero-order valence-corrected chi connectivity index (χ0v) is 64.4. The topological polar surface area (TPSA) is 613 Å². The summed E-state index contributed by atoms with van der Waals surface area (Å²) in [5.41, 5.74) is 16.7. The van der Waals surface area contributed by atoms with Crippen molar-refractivity contribution in [1.82, 2.24) is 69.1 Å². The van der Waals surface area contributed by atoms with Crippen LogP contribution in [0.5, 0.6) is 0 Å². The van der Waals surface area contributed by atoms with Crippen LogP contribution in [0, 0.1) is 23.7 Å². The number of carboxylic acid groups (broad SMARTS) is 3. The van der Waals surface area contributed by atoms with Gasteiger partial charge in [-0.15, -0.1) is 0 Å². The molecule has 38 nitrogen and oxygen atoms in total. The number of nitrogens with one attached hydrogen (secondary N) is 13. The number of hydrogen-bond donors (Lipinski definition) is 22. The SMILES string of the molecule is CC[C@H](C)[C@H](NC(=O)[C@H](CC(C)C)NC(=O)[C@H](C[Se])NC(=O)[C@H](CS)NC(=O)[C@H](CCCN=C(N)N)NC(=O)[C@H](C[Se])NC(=O)[C@@H](N)CS)C(=O)NCC(=O)N[C@@H](CCCCNC(=O)[C@@H]1N=CC[C@H]1C)C(=O)N[C@@H](CO)C(=O)N[C@H](C(=O)N[C@@H](CC(=O)O)C(=O)N[C@@H](CCC(=O)O)C(=O)O)[C@@H](C)CC. The standard InChI is InChI=1S/C62H104N18O20S2Se2/c1-8-30(5)47(79-53(91)37(21-29(3)4)73-57(95)42(28-104)78-55(93)40(26-102)76-51(89)35(14-12-19-68-62(64)65)71-56(94)41(27-103)77-49(87)33(63)25-101)59(97)69-23-43(82)70-34(13-10-11-18-67-58(96)46-32(7)17-20-66-46)50(88)75-39(24-81)54(92)80-48(31(6)9-2)60(98)74-38(22-45(85)86)52(90)72-36(61(99)100)15-16-44(83)84/h20,29-42,46-48,81,101-102H,8-19,21-28,63H2,1-7H3,(H,67,96)(H,69,97)(H,70,82)(H,71,94)(H,72,90)(H,73,95)(H,74,98)(H,75,88)(H,76,89)(H,77,87)(H,78,93)(H,79,91)(H,80,92)(H,83,84)(H,85,86)(H,99,100)(H4,64,65,68)/t30-,31-,32+,33-,34-,35-,36-,37-,38-,39-,40-,41-,42-,46+,47-,48-/m0/s1. The molecule has 0 aromatic heterocycles. The van der Waals surface area contributed by atoms with Crippen LogP contribution < -0.4 is 86.3 Å². The van der Waals surface area contributed by atoms with Crippen molar-refractivity contribution in [2.45, 2.75) is 215 Å². The Hall–Kier alpha value is -7.88. The van der Waals surface area contributed by atoms with Gasteiger partial charge in [0.15, 0.2) is 0 Å². The number of nitrogens with zero attached hydrogens (tertiary/aromatic N) is 2. The first-order chi connectivity index (χ1) is 48.9. The second kappa shape index (κ2) is 49.8. The molecule has 1 rings (SSSR count). The number of carbonyl (C=O) groups excluding carboxylic acids is 13. The van der Waals surface area contributed by atoms with Crippen LogP contribution in [-0.4, -0.2) is 276 Å². The molecule has 0 saturated heterocycles. The Morgan fingerprint density at radius 2 is 1.00 bits per heavy atom. The minimum absolute atomic E-state index is 0.000717. The quantitative estimate of drug-likeness (QED) is 0.00885. The number of carbonyl (C=O) groups is 16. The van der Waals surface area contributed by atoms with Crippen molar-refractivity contribution in [3.05, 3.63) is 0 Å². The van der Waals surface area contributed by atoms with Crippen LogP contribution in [-0.2, 0) is 76.7 Å². The first-order valence-electron chi connectivity index (χ1n) is 33.8. The van der Waals surface area contributed by atoms with Crippen LogP contribution in [0.2, 0.25) is 10.6 Å². The Bertz CT molecular complexity index is 3010. The van der Waals surface area contributed by atoms with Crippen LogP contribution in [0.25, 0.3) is 0 Å². The van der Waals surface area contributed by atoms with E-state index in [4.69, 9.17) is 22.3 Å².